The van der Waals surface area contributed by atoms with E-state index in [-0.39, 0.29) is 12.1 Å². The summed E-state index contributed by atoms with van der Waals surface area (Å²) in [5.41, 5.74) is -0.448. The van der Waals surface area contributed by atoms with E-state index in [9.17, 15) is 4.79 Å². The number of hydrogen-bond acceptors (Lipinski definition) is 3. The average Bonchev–Trinajstić information content (AvgIpc) is 2.35. The first-order chi connectivity index (χ1) is 8.58. The molecular weight excluding hydrogens is 226 g/mol. The van der Waals surface area contributed by atoms with Gasteiger partial charge < -0.3 is 10.1 Å². The molecule has 0 radical (unpaired) electrons. The Morgan fingerprint density at radius 2 is 2.11 bits per heavy atom. The van der Waals surface area contributed by atoms with Crippen LogP contribution in [0.2, 0.25) is 0 Å². The zero-order valence-electron chi connectivity index (χ0n) is 12.3. The van der Waals surface area contributed by atoms with Crippen LogP contribution in [0.4, 0.5) is 0 Å². The standard InChI is InChI=1S/C15H29NO2/c1-4-5-6-7-10-13(2)18-14(17)15(3)11-8-9-12-16-15/h13,16H,4-12H2,1-3H3. The Morgan fingerprint density at radius 3 is 2.72 bits per heavy atom. The molecule has 106 valence electrons. The molecule has 1 aliphatic heterocycles. The number of carbonyl (C=O) groups excluding carboxylic acids is 1. The highest BCUT2D eigenvalue weighted by atomic mass is 16.5. The van der Waals surface area contributed by atoms with Gasteiger partial charge in [0.15, 0.2) is 0 Å². The first-order valence-electron chi connectivity index (χ1n) is 7.54. The molecule has 0 amide bonds. The second-order valence-corrected chi connectivity index (χ2v) is 5.78. The summed E-state index contributed by atoms with van der Waals surface area (Å²) in [6.45, 7) is 7.11. The van der Waals surface area contributed by atoms with Gasteiger partial charge in [0, 0.05) is 0 Å². The van der Waals surface area contributed by atoms with E-state index in [0.29, 0.717) is 0 Å². The third-order valence-electron chi connectivity index (χ3n) is 3.84. The van der Waals surface area contributed by atoms with Crippen LogP contribution in [-0.4, -0.2) is 24.2 Å². The molecule has 0 aliphatic carbocycles. The molecule has 18 heavy (non-hydrogen) atoms. The lowest BCUT2D eigenvalue weighted by Crippen LogP contribution is -2.53. The van der Waals surface area contributed by atoms with Gasteiger partial charge in [0.25, 0.3) is 0 Å². The molecule has 0 spiro atoms. The first kappa shape index (κ1) is 15.5. The highest BCUT2D eigenvalue weighted by molar-refractivity contribution is 5.80. The Kier molecular flexibility index (Phi) is 6.69. The van der Waals surface area contributed by atoms with Crippen LogP contribution in [0.25, 0.3) is 0 Å². The van der Waals surface area contributed by atoms with Crippen molar-refractivity contribution in [3.63, 3.8) is 0 Å². The summed E-state index contributed by atoms with van der Waals surface area (Å²) >= 11 is 0. The minimum Gasteiger partial charge on any atom is -0.461 e. The maximum atomic E-state index is 12.1. The number of hydrogen-bond donors (Lipinski definition) is 1. The van der Waals surface area contributed by atoms with Crippen molar-refractivity contribution in [1.29, 1.82) is 0 Å². The van der Waals surface area contributed by atoms with Crippen LogP contribution in [0, 0.1) is 0 Å². The third-order valence-corrected chi connectivity index (χ3v) is 3.84. The number of unbranched alkanes of at least 4 members (excludes halogenated alkanes) is 3. The van der Waals surface area contributed by atoms with E-state index in [2.05, 4.69) is 12.2 Å². The van der Waals surface area contributed by atoms with Crippen molar-refractivity contribution < 1.29 is 9.53 Å². The van der Waals surface area contributed by atoms with E-state index in [1.165, 1.54) is 19.3 Å². The lowest BCUT2D eigenvalue weighted by molar-refractivity contribution is -0.157. The maximum absolute atomic E-state index is 12.1. The Hall–Kier alpha value is -0.570. The van der Waals surface area contributed by atoms with Crippen molar-refractivity contribution in [2.24, 2.45) is 0 Å². The van der Waals surface area contributed by atoms with E-state index < -0.39 is 5.54 Å². The Balaban J connectivity index is 2.25. The van der Waals surface area contributed by atoms with Crippen molar-refractivity contribution in [2.75, 3.05) is 6.54 Å². The molecule has 0 bridgehead atoms. The summed E-state index contributed by atoms with van der Waals surface area (Å²) in [6.07, 6.45) is 9.14. The van der Waals surface area contributed by atoms with Crippen LogP contribution >= 0.6 is 0 Å². The molecule has 0 aromatic rings. The van der Waals surface area contributed by atoms with E-state index >= 15 is 0 Å². The molecule has 1 aliphatic rings. The largest absolute Gasteiger partial charge is 0.461 e. The van der Waals surface area contributed by atoms with E-state index in [1.807, 2.05) is 13.8 Å². The number of carbonyl (C=O) groups is 1. The predicted octanol–water partition coefficient (Wildman–Crippen LogP) is 3.42. The fourth-order valence-corrected chi connectivity index (χ4v) is 2.46. The van der Waals surface area contributed by atoms with Crippen molar-refractivity contribution in [2.45, 2.75) is 83.8 Å². The Bertz CT molecular complexity index is 247. The number of nitrogens with one attached hydrogen (secondary N) is 1. The van der Waals surface area contributed by atoms with Gasteiger partial charge in [-0.2, -0.15) is 0 Å². The van der Waals surface area contributed by atoms with Crippen molar-refractivity contribution in [1.82, 2.24) is 5.32 Å². The summed E-state index contributed by atoms with van der Waals surface area (Å²) in [6, 6.07) is 0. The zero-order chi connectivity index (χ0) is 13.4. The SMILES string of the molecule is CCCCCCC(C)OC(=O)C1(C)CCCCN1. The van der Waals surface area contributed by atoms with Crippen molar-refractivity contribution >= 4 is 5.97 Å². The van der Waals surface area contributed by atoms with Gasteiger partial charge in [-0.15, -0.1) is 0 Å². The fraction of sp³-hybridized carbons (Fsp3) is 0.933. The second kappa shape index (κ2) is 7.78. The maximum Gasteiger partial charge on any atom is 0.326 e. The summed E-state index contributed by atoms with van der Waals surface area (Å²) in [5, 5.41) is 3.30. The number of piperidine rings is 1. The van der Waals surface area contributed by atoms with Crippen LogP contribution in [-0.2, 0) is 9.53 Å². The van der Waals surface area contributed by atoms with Crippen molar-refractivity contribution in [3.8, 4) is 0 Å². The lowest BCUT2D eigenvalue weighted by Gasteiger charge is -2.33. The summed E-state index contributed by atoms with van der Waals surface area (Å²) in [4.78, 5) is 12.1. The lowest BCUT2D eigenvalue weighted by atomic mass is 9.91. The van der Waals surface area contributed by atoms with Gasteiger partial charge in [-0.3, -0.25) is 4.79 Å². The van der Waals surface area contributed by atoms with Gasteiger partial charge >= 0.3 is 5.97 Å². The molecular formula is C15H29NO2. The van der Waals surface area contributed by atoms with Crippen molar-refractivity contribution in [3.05, 3.63) is 0 Å². The molecule has 0 saturated carbocycles. The van der Waals surface area contributed by atoms with Gasteiger partial charge in [-0.25, -0.2) is 0 Å². The predicted molar refractivity (Wildman–Crippen MR) is 74.6 cm³/mol. The van der Waals surface area contributed by atoms with E-state index in [4.69, 9.17) is 4.74 Å². The van der Waals surface area contributed by atoms with Gasteiger partial charge in [0.05, 0.1) is 6.10 Å². The van der Waals surface area contributed by atoms with Gasteiger partial charge in [0.2, 0.25) is 0 Å². The van der Waals surface area contributed by atoms with Crippen LogP contribution in [0.3, 0.4) is 0 Å². The monoisotopic (exact) mass is 255 g/mol. The molecule has 0 aromatic heterocycles. The molecule has 1 heterocycles. The fourth-order valence-electron chi connectivity index (χ4n) is 2.46. The molecule has 1 fully saturated rings. The summed E-state index contributed by atoms with van der Waals surface area (Å²) in [5.74, 6) is -0.0646. The Morgan fingerprint density at radius 1 is 1.33 bits per heavy atom. The quantitative estimate of drug-likeness (QED) is 0.559. The molecule has 1 N–H and O–H groups in total. The summed E-state index contributed by atoms with van der Waals surface area (Å²) in [7, 11) is 0. The normalized spacial score (nSPS) is 25.7. The molecule has 1 rings (SSSR count). The minimum absolute atomic E-state index is 0.0508. The first-order valence-corrected chi connectivity index (χ1v) is 7.54. The number of rotatable bonds is 7. The van der Waals surface area contributed by atoms with Crippen LogP contribution in [0.5, 0.6) is 0 Å². The summed E-state index contributed by atoms with van der Waals surface area (Å²) < 4.78 is 5.57. The molecule has 2 atom stereocenters. The molecule has 3 heteroatoms. The number of esters is 1. The highest BCUT2D eigenvalue weighted by Gasteiger charge is 2.36. The molecule has 0 aromatic carbocycles. The topological polar surface area (TPSA) is 38.3 Å². The van der Waals surface area contributed by atoms with Crippen LogP contribution in [0.15, 0.2) is 0 Å². The minimum atomic E-state index is -0.448. The van der Waals surface area contributed by atoms with Gasteiger partial charge in [-0.05, 0) is 52.5 Å². The zero-order valence-corrected chi connectivity index (χ0v) is 12.3. The molecule has 2 unspecified atom stereocenters. The van der Waals surface area contributed by atoms with E-state index in [0.717, 1.165) is 38.6 Å². The highest BCUT2D eigenvalue weighted by Crippen LogP contribution is 2.21. The third kappa shape index (κ3) is 4.97. The van der Waals surface area contributed by atoms with Crippen LogP contribution in [0.1, 0.15) is 72.1 Å². The van der Waals surface area contributed by atoms with Gasteiger partial charge in [0.1, 0.15) is 5.54 Å². The molecule has 3 nitrogen and oxygen atoms in total. The Labute approximate surface area is 112 Å². The van der Waals surface area contributed by atoms with Crippen LogP contribution < -0.4 is 5.32 Å². The average molecular weight is 255 g/mol. The smallest absolute Gasteiger partial charge is 0.326 e. The number of ether oxygens (including phenoxy) is 1. The van der Waals surface area contributed by atoms with Gasteiger partial charge in [-0.1, -0.05) is 26.2 Å². The second-order valence-electron chi connectivity index (χ2n) is 5.78. The van der Waals surface area contributed by atoms with E-state index in [1.54, 1.807) is 0 Å². The molecule has 1 saturated heterocycles.